The molecule has 1 nitrogen and oxygen atoms in total. The van der Waals surface area contributed by atoms with Crippen LogP contribution in [0.3, 0.4) is 0 Å². The molecule has 1 saturated heterocycles. The average Bonchev–Trinajstić information content (AvgIpc) is 1.86. The van der Waals surface area contributed by atoms with Gasteiger partial charge >= 0.3 is 0 Å². The Kier molecular flexibility index (Phi) is 1.37. The maximum atomic E-state index is 5.12. The molecule has 0 amide bonds. The van der Waals surface area contributed by atoms with Crippen LogP contribution in [0, 0.1) is 0 Å². The largest absolute Gasteiger partial charge is 0.367 e. The van der Waals surface area contributed by atoms with E-state index in [1.165, 1.54) is 5.75 Å². The molecule has 0 radical (unpaired) electrons. The molecule has 0 aliphatic carbocycles. The smallest absolute Gasteiger partial charge is 0.100 e. The van der Waals surface area contributed by atoms with Crippen molar-refractivity contribution in [1.29, 1.82) is 0 Å². The summed E-state index contributed by atoms with van der Waals surface area (Å²) in [5.41, 5.74) is 0.463. The lowest BCUT2D eigenvalue weighted by molar-refractivity contribution is 0.156. The van der Waals surface area contributed by atoms with Crippen molar-refractivity contribution in [3.8, 4) is 0 Å². The Hall–Kier alpha value is 0.310. The SMILES string of the molecule is C[C@@H]1OCCS1. The standard InChI is InChI=1S/C4H8OS/c1-4-5-2-3-6-4/h4H,2-3H2,1H3/t4-/m1/s1. The van der Waals surface area contributed by atoms with Crippen molar-refractivity contribution in [1.82, 2.24) is 0 Å². The van der Waals surface area contributed by atoms with Gasteiger partial charge in [-0.25, -0.2) is 0 Å². The topological polar surface area (TPSA) is 9.23 Å². The van der Waals surface area contributed by atoms with E-state index in [1.54, 1.807) is 0 Å². The lowest BCUT2D eigenvalue weighted by atomic mass is 10.8. The van der Waals surface area contributed by atoms with Crippen molar-refractivity contribution in [2.24, 2.45) is 0 Å². The van der Waals surface area contributed by atoms with Gasteiger partial charge in [-0.2, -0.15) is 0 Å². The zero-order chi connectivity index (χ0) is 4.41. The Labute approximate surface area is 42.1 Å². The summed E-state index contributed by atoms with van der Waals surface area (Å²) in [6, 6.07) is 0. The number of thioether (sulfide) groups is 1. The van der Waals surface area contributed by atoms with Gasteiger partial charge in [-0.3, -0.25) is 0 Å². The van der Waals surface area contributed by atoms with Gasteiger partial charge in [-0.15, -0.1) is 11.8 Å². The van der Waals surface area contributed by atoms with Crippen molar-refractivity contribution in [3.63, 3.8) is 0 Å². The van der Waals surface area contributed by atoms with Gasteiger partial charge in [0.2, 0.25) is 0 Å². The second kappa shape index (κ2) is 1.85. The minimum absolute atomic E-state index is 0.463. The number of hydrogen-bond acceptors (Lipinski definition) is 2. The van der Waals surface area contributed by atoms with E-state index in [1.807, 2.05) is 11.8 Å². The second-order valence-corrected chi connectivity index (χ2v) is 2.71. The van der Waals surface area contributed by atoms with Gasteiger partial charge in [0.15, 0.2) is 0 Å². The zero-order valence-corrected chi connectivity index (χ0v) is 4.62. The normalized spacial score (nSPS) is 34.5. The Morgan fingerprint density at radius 1 is 1.83 bits per heavy atom. The van der Waals surface area contributed by atoms with Crippen LogP contribution in [0.1, 0.15) is 6.92 Å². The fourth-order valence-electron chi connectivity index (χ4n) is 0.476. The number of ether oxygens (including phenoxy) is 1. The van der Waals surface area contributed by atoms with Crippen molar-refractivity contribution in [2.45, 2.75) is 12.4 Å². The van der Waals surface area contributed by atoms with E-state index in [4.69, 9.17) is 4.74 Å². The van der Waals surface area contributed by atoms with Gasteiger partial charge in [-0.1, -0.05) is 0 Å². The summed E-state index contributed by atoms with van der Waals surface area (Å²) in [6.07, 6.45) is 0. The lowest BCUT2D eigenvalue weighted by Crippen LogP contribution is -1.90. The predicted molar refractivity (Wildman–Crippen MR) is 27.9 cm³/mol. The van der Waals surface area contributed by atoms with Crippen LogP contribution in [0.5, 0.6) is 0 Å². The Morgan fingerprint density at radius 3 is 2.83 bits per heavy atom. The molecule has 1 heterocycles. The quantitative estimate of drug-likeness (QED) is 0.455. The fourth-order valence-corrected chi connectivity index (χ4v) is 1.19. The molecule has 1 aliphatic rings. The van der Waals surface area contributed by atoms with E-state index >= 15 is 0 Å². The summed E-state index contributed by atoms with van der Waals surface area (Å²) >= 11 is 1.87. The first-order chi connectivity index (χ1) is 2.89. The Bertz CT molecular complexity index is 40.8. The van der Waals surface area contributed by atoms with Crippen LogP contribution in [-0.2, 0) is 4.74 Å². The first kappa shape index (κ1) is 4.47. The highest BCUT2D eigenvalue weighted by Gasteiger charge is 2.07. The monoisotopic (exact) mass is 104 g/mol. The molecule has 0 aromatic rings. The molecule has 0 bridgehead atoms. The molecular weight excluding hydrogens is 96.1 g/mol. The molecule has 1 atom stereocenters. The van der Waals surface area contributed by atoms with Crippen molar-refractivity contribution < 1.29 is 4.74 Å². The van der Waals surface area contributed by atoms with Crippen molar-refractivity contribution >= 4 is 11.8 Å². The van der Waals surface area contributed by atoms with Gasteiger partial charge in [0.1, 0.15) is 5.44 Å². The molecule has 2 heteroatoms. The van der Waals surface area contributed by atoms with Crippen LogP contribution >= 0.6 is 11.8 Å². The molecule has 0 spiro atoms. The highest BCUT2D eigenvalue weighted by atomic mass is 32.2. The predicted octanol–water partition coefficient (Wildman–Crippen LogP) is 1.10. The van der Waals surface area contributed by atoms with E-state index in [9.17, 15) is 0 Å². The molecule has 1 rings (SSSR count). The maximum absolute atomic E-state index is 5.12. The molecule has 0 unspecified atom stereocenters. The summed E-state index contributed by atoms with van der Waals surface area (Å²) in [7, 11) is 0. The highest BCUT2D eigenvalue weighted by molar-refractivity contribution is 7.99. The summed E-state index contributed by atoms with van der Waals surface area (Å²) in [5.74, 6) is 1.18. The third kappa shape index (κ3) is 0.884. The molecule has 0 N–H and O–H groups in total. The molecule has 36 valence electrons. The molecular formula is C4H8OS. The third-order valence-electron chi connectivity index (χ3n) is 0.788. The van der Waals surface area contributed by atoms with E-state index in [-0.39, 0.29) is 0 Å². The first-order valence-corrected chi connectivity index (χ1v) is 3.17. The average molecular weight is 104 g/mol. The number of rotatable bonds is 0. The maximum Gasteiger partial charge on any atom is 0.100 e. The Morgan fingerprint density at radius 2 is 2.67 bits per heavy atom. The van der Waals surface area contributed by atoms with Gasteiger partial charge in [-0.05, 0) is 6.92 Å². The van der Waals surface area contributed by atoms with Gasteiger partial charge in [0.25, 0.3) is 0 Å². The van der Waals surface area contributed by atoms with Crippen LogP contribution in [-0.4, -0.2) is 17.8 Å². The third-order valence-corrected chi connectivity index (χ3v) is 1.80. The van der Waals surface area contributed by atoms with Crippen LogP contribution in [0.4, 0.5) is 0 Å². The lowest BCUT2D eigenvalue weighted by Gasteiger charge is -1.93. The first-order valence-electron chi connectivity index (χ1n) is 2.13. The molecule has 6 heavy (non-hydrogen) atoms. The van der Waals surface area contributed by atoms with E-state index in [0.717, 1.165) is 6.61 Å². The minimum Gasteiger partial charge on any atom is -0.367 e. The molecule has 0 aromatic heterocycles. The molecule has 0 saturated carbocycles. The van der Waals surface area contributed by atoms with Crippen LogP contribution in [0.2, 0.25) is 0 Å². The molecule has 1 fully saturated rings. The minimum atomic E-state index is 0.463. The van der Waals surface area contributed by atoms with Crippen LogP contribution < -0.4 is 0 Å². The van der Waals surface area contributed by atoms with Gasteiger partial charge < -0.3 is 4.74 Å². The van der Waals surface area contributed by atoms with E-state index in [2.05, 4.69) is 6.92 Å². The van der Waals surface area contributed by atoms with Crippen molar-refractivity contribution in [2.75, 3.05) is 12.4 Å². The molecule has 0 aromatic carbocycles. The zero-order valence-electron chi connectivity index (χ0n) is 3.81. The summed E-state index contributed by atoms with van der Waals surface area (Å²) in [5, 5.41) is 0. The number of hydrogen-bond donors (Lipinski definition) is 0. The van der Waals surface area contributed by atoms with E-state index < -0.39 is 0 Å². The van der Waals surface area contributed by atoms with Crippen LogP contribution in [0.15, 0.2) is 0 Å². The van der Waals surface area contributed by atoms with Crippen LogP contribution in [0.25, 0.3) is 0 Å². The summed E-state index contributed by atoms with van der Waals surface area (Å²) in [4.78, 5) is 0. The van der Waals surface area contributed by atoms with E-state index in [0.29, 0.717) is 5.44 Å². The molecule has 1 aliphatic heterocycles. The van der Waals surface area contributed by atoms with Crippen molar-refractivity contribution in [3.05, 3.63) is 0 Å². The Balaban J connectivity index is 2.18. The highest BCUT2D eigenvalue weighted by Crippen LogP contribution is 2.17. The summed E-state index contributed by atoms with van der Waals surface area (Å²) in [6.45, 7) is 3.03. The second-order valence-electron chi connectivity index (χ2n) is 1.31. The van der Waals surface area contributed by atoms with Gasteiger partial charge in [0.05, 0.1) is 6.61 Å². The van der Waals surface area contributed by atoms with Gasteiger partial charge in [0, 0.05) is 5.75 Å². The summed E-state index contributed by atoms with van der Waals surface area (Å²) < 4.78 is 5.12. The fraction of sp³-hybridized carbons (Fsp3) is 1.00.